The van der Waals surface area contributed by atoms with Crippen LogP contribution in [-0.2, 0) is 0 Å². The Morgan fingerprint density at radius 2 is 1.69 bits per heavy atom. The van der Waals surface area contributed by atoms with Crippen molar-refractivity contribution in [2.45, 2.75) is 81.5 Å². The Labute approximate surface area is 105 Å². The molecular formula is C14H27NS. The summed E-state index contributed by atoms with van der Waals surface area (Å²) in [7, 11) is 0. The molecule has 2 fully saturated rings. The molecule has 0 aromatic carbocycles. The fourth-order valence-corrected chi connectivity index (χ4v) is 4.40. The highest BCUT2D eigenvalue weighted by atomic mass is 32.2. The highest BCUT2D eigenvalue weighted by Crippen LogP contribution is 2.33. The normalized spacial score (nSPS) is 34.9. The largest absolute Gasteiger partial charge is 0.308 e. The summed E-state index contributed by atoms with van der Waals surface area (Å²) >= 11 is 2.08. The smallest absolute Gasteiger partial charge is 0.0198 e. The van der Waals surface area contributed by atoms with Gasteiger partial charge >= 0.3 is 0 Å². The summed E-state index contributed by atoms with van der Waals surface area (Å²) in [5, 5.41) is 4.88. The molecule has 2 aliphatic carbocycles. The standard InChI is InChI=1S/C14H27NS/c1-14(10-6-3-7-11-14)15-12-8-4-5-9-13(12)16-2/h12-13,15H,3-11H2,1-2H3. The van der Waals surface area contributed by atoms with Crippen molar-refractivity contribution in [1.29, 1.82) is 0 Å². The molecule has 2 saturated carbocycles. The van der Waals surface area contributed by atoms with Crippen molar-refractivity contribution < 1.29 is 0 Å². The Morgan fingerprint density at radius 3 is 2.38 bits per heavy atom. The summed E-state index contributed by atoms with van der Waals surface area (Å²) in [6, 6.07) is 0.784. The first-order chi connectivity index (χ1) is 7.73. The van der Waals surface area contributed by atoms with Crippen LogP contribution in [0.15, 0.2) is 0 Å². The SMILES string of the molecule is CSC1CCCCC1NC1(C)CCCCC1. The zero-order chi connectivity index (χ0) is 11.4. The molecular weight excluding hydrogens is 214 g/mol. The van der Waals surface area contributed by atoms with E-state index in [-0.39, 0.29) is 0 Å². The van der Waals surface area contributed by atoms with Gasteiger partial charge in [0.2, 0.25) is 0 Å². The van der Waals surface area contributed by atoms with Gasteiger partial charge in [0.05, 0.1) is 0 Å². The minimum Gasteiger partial charge on any atom is -0.308 e. The number of hydrogen-bond donors (Lipinski definition) is 1. The topological polar surface area (TPSA) is 12.0 Å². The van der Waals surface area contributed by atoms with Crippen molar-refractivity contribution >= 4 is 11.8 Å². The van der Waals surface area contributed by atoms with E-state index in [2.05, 4.69) is 30.3 Å². The summed E-state index contributed by atoms with van der Waals surface area (Å²) in [5.41, 5.74) is 0.453. The molecule has 1 N–H and O–H groups in total. The molecule has 2 aliphatic rings. The van der Waals surface area contributed by atoms with Gasteiger partial charge in [0, 0.05) is 16.8 Å². The summed E-state index contributed by atoms with van der Waals surface area (Å²) in [6.45, 7) is 2.46. The van der Waals surface area contributed by atoms with Crippen LogP contribution in [0.4, 0.5) is 0 Å². The molecule has 2 heteroatoms. The van der Waals surface area contributed by atoms with Crippen LogP contribution in [-0.4, -0.2) is 23.1 Å². The summed E-state index contributed by atoms with van der Waals surface area (Å²) < 4.78 is 0. The highest BCUT2D eigenvalue weighted by molar-refractivity contribution is 7.99. The van der Waals surface area contributed by atoms with E-state index in [1.165, 1.54) is 57.8 Å². The Bertz CT molecular complexity index is 211. The second-order valence-corrected chi connectivity index (χ2v) is 7.01. The monoisotopic (exact) mass is 241 g/mol. The maximum absolute atomic E-state index is 4.01. The van der Waals surface area contributed by atoms with Crippen LogP contribution in [0.3, 0.4) is 0 Å². The quantitative estimate of drug-likeness (QED) is 0.802. The molecule has 0 bridgehead atoms. The van der Waals surface area contributed by atoms with E-state index >= 15 is 0 Å². The average molecular weight is 241 g/mol. The van der Waals surface area contributed by atoms with Gasteiger partial charge in [0.15, 0.2) is 0 Å². The van der Waals surface area contributed by atoms with E-state index in [4.69, 9.17) is 0 Å². The predicted octanol–water partition coefficient (Wildman–Crippen LogP) is 3.97. The van der Waals surface area contributed by atoms with Gasteiger partial charge in [-0.25, -0.2) is 0 Å². The third-order valence-corrected chi connectivity index (χ3v) is 5.67. The zero-order valence-corrected chi connectivity index (χ0v) is 11.7. The Hall–Kier alpha value is 0.310. The van der Waals surface area contributed by atoms with Gasteiger partial charge in [-0.2, -0.15) is 11.8 Å². The molecule has 2 atom stereocenters. The first-order valence-corrected chi connectivity index (χ1v) is 8.33. The van der Waals surface area contributed by atoms with Crippen molar-refractivity contribution in [3.05, 3.63) is 0 Å². The molecule has 2 rings (SSSR count). The lowest BCUT2D eigenvalue weighted by Crippen LogP contribution is -2.53. The van der Waals surface area contributed by atoms with Gasteiger partial charge < -0.3 is 5.32 Å². The lowest BCUT2D eigenvalue weighted by atomic mass is 9.81. The Kier molecular flexibility index (Phi) is 4.60. The van der Waals surface area contributed by atoms with E-state index in [0.29, 0.717) is 5.54 Å². The molecule has 0 aromatic rings. The van der Waals surface area contributed by atoms with Crippen LogP contribution in [0.1, 0.15) is 64.7 Å². The van der Waals surface area contributed by atoms with Gasteiger partial charge in [-0.3, -0.25) is 0 Å². The first-order valence-electron chi connectivity index (χ1n) is 7.04. The fraction of sp³-hybridized carbons (Fsp3) is 1.00. The highest BCUT2D eigenvalue weighted by Gasteiger charge is 2.33. The number of nitrogens with one attached hydrogen (secondary N) is 1. The third-order valence-electron chi connectivity index (χ3n) is 4.50. The molecule has 0 spiro atoms. The summed E-state index contributed by atoms with van der Waals surface area (Å²) in [4.78, 5) is 0. The van der Waals surface area contributed by atoms with E-state index < -0.39 is 0 Å². The predicted molar refractivity (Wildman–Crippen MR) is 74.2 cm³/mol. The third kappa shape index (κ3) is 3.16. The molecule has 0 aliphatic heterocycles. The van der Waals surface area contributed by atoms with Gasteiger partial charge in [-0.05, 0) is 38.9 Å². The van der Waals surface area contributed by atoms with Gasteiger partial charge in [-0.1, -0.05) is 32.1 Å². The van der Waals surface area contributed by atoms with Crippen molar-refractivity contribution in [2.75, 3.05) is 6.26 Å². The van der Waals surface area contributed by atoms with Crippen LogP contribution >= 0.6 is 11.8 Å². The lowest BCUT2D eigenvalue weighted by Gasteiger charge is -2.42. The second kappa shape index (κ2) is 5.77. The molecule has 1 nitrogen and oxygen atoms in total. The van der Waals surface area contributed by atoms with E-state index in [1.807, 2.05) is 0 Å². The van der Waals surface area contributed by atoms with Crippen molar-refractivity contribution in [1.82, 2.24) is 5.32 Å². The first kappa shape index (κ1) is 12.8. The molecule has 0 saturated heterocycles. The van der Waals surface area contributed by atoms with Crippen LogP contribution in [0.5, 0.6) is 0 Å². The van der Waals surface area contributed by atoms with Crippen LogP contribution < -0.4 is 5.32 Å². The van der Waals surface area contributed by atoms with Crippen LogP contribution in [0, 0.1) is 0 Å². The lowest BCUT2D eigenvalue weighted by molar-refractivity contribution is 0.208. The van der Waals surface area contributed by atoms with Gasteiger partial charge in [0.25, 0.3) is 0 Å². The maximum Gasteiger partial charge on any atom is 0.0198 e. The van der Waals surface area contributed by atoms with Gasteiger partial charge in [0.1, 0.15) is 0 Å². The molecule has 16 heavy (non-hydrogen) atoms. The molecule has 0 heterocycles. The minimum atomic E-state index is 0.453. The van der Waals surface area contributed by atoms with Crippen LogP contribution in [0.2, 0.25) is 0 Å². The van der Waals surface area contributed by atoms with Crippen LogP contribution in [0.25, 0.3) is 0 Å². The number of rotatable bonds is 3. The fourth-order valence-electron chi connectivity index (χ4n) is 3.47. The van der Waals surface area contributed by atoms with Crippen molar-refractivity contribution in [3.63, 3.8) is 0 Å². The average Bonchev–Trinajstić information content (AvgIpc) is 2.30. The summed E-state index contributed by atoms with van der Waals surface area (Å²) in [5.74, 6) is 0. The molecule has 0 aromatic heterocycles. The van der Waals surface area contributed by atoms with E-state index in [9.17, 15) is 0 Å². The summed E-state index contributed by atoms with van der Waals surface area (Å²) in [6.07, 6.45) is 15.1. The molecule has 94 valence electrons. The minimum absolute atomic E-state index is 0.453. The van der Waals surface area contributed by atoms with Crippen molar-refractivity contribution in [3.8, 4) is 0 Å². The Morgan fingerprint density at radius 1 is 1.00 bits per heavy atom. The second-order valence-electron chi connectivity index (χ2n) is 5.93. The number of thioether (sulfide) groups is 1. The zero-order valence-electron chi connectivity index (χ0n) is 10.9. The van der Waals surface area contributed by atoms with Gasteiger partial charge in [-0.15, -0.1) is 0 Å². The number of hydrogen-bond acceptors (Lipinski definition) is 2. The maximum atomic E-state index is 4.01. The molecule has 2 unspecified atom stereocenters. The van der Waals surface area contributed by atoms with E-state index in [0.717, 1.165) is 11.3 Å². The van der Waals surface area contributed by atoms with Crippen molar-refractivity contribution in [2.24, 2.45) is 0 Å². The Balaban J connectivity index is 1.90. The molecule has 0 radical (unpaired) electrons. The molecule has 0 amide bonds. The van der Waals surface area contributed by atoms with E-state index in [1.54, 1.807) is 0 Å².